The molecule has 1 aromatic carbocycles. The minimum atomic E-state index is -0.187. The lowest BCUT2D eigenvalue weighted by Gasteiger charge is -2.28. The third-order valence-electron chi connectivity index (χ3n) is 4.51. The largest absolute Gasteiger partial charge is 0.371 e. The third-order valence-corrected chi connectivity index (χ3v) is 4.77. The van der Waals surface area contributed by atoms with Gasteiger partial charge in [0.1, 0.15) is 5.82 Å². The maximum absolute atomic E-state index is 13.7. The highest BCUT2D eigenvalue weighted by atomic mass is 35.5. The van der Waals surface area contributed by atoms with E-state index in [1.165, 1.54) is 25.3 Å². The molecule has 1 aliphatic heterocycles. The molecule has 0 spiro atoms. The molecule has 3 heteroatoms. The van der Waals surface area contributed by atoms with Crippen LogP contribution in [-0.2, 0) is 5.88 Å². The maximum atomic E-state index is 13.7. The molecule has 2 rings (SSSR count). The van der Waals surface area contributed by atoms with Crippen LogP contribution < -0.4 is 4.90 Å². The number of alkyl halides is 1. The molecule has 1 fully saturated rings. The Balaban J connectivity index is 2.27. The van der Waals surface area contributed by atoms with Crippen molar-refractivity contribution in [2.24, 2.45) is 5.41 Å². The van der Waals surface area contributed by atoms with E-state index in [4.69, 9.17) is 11.6 Å². The van der Waals surface area contributed by atoms with Crippen molar-refractivity contribution in [3.05, 3.63) is 29.6 Å². The molecule has 0 aromatic heterocycles. The van der Waals surface area contributed by atoms with Crippen LogP contribution in [0, 0.1) is 11.2 Å². The Morgan fingerprint density at radius 2 is 2.06 bits per heavy atom. The van der Waals surface area contributed by atoms with E-state index >= 15 is 0 Å². The zero-order valence-electron chi connectivity index (χ0n) is 11.2. The summed E-state index contributed by atoms with van der Waals surface area (Å²) in [6, 6.07) is 5.25. The lowest BCUT2D eigenvalue weighted by Crippen LogP contribution is -2.26. The van der Waals surface area contributed by atoms with Crippen LogP contribution in [0.3, 0.4) is 0 Å². The van der Waals surface area contributed by atoms with Crippen molar-refractivity contribution >= 4 is 17.3 Å². The summed E-state index contributed by atoms with van der Waals surface area (Å²) in [6.45, 7) is 6.53. The van der Waals surface area contributed by atoms with Crippen LogP contribution in [0.1, 0.15) is 38.7 Å². The van der Waals surface area contributed by atoms with E-state index in [-0.39, 0.29) is 11.7 Å². The van der Waals surface area contributed by atoms with Crippen molar-refractivity contribution in [3.63, 3.8) is 0 Å². The Morgan fingerprint density at radius 1 is 1.33 bits per heavy atom. The number of hydrogen-bond donors (Lipinski definition) is 0. The molecule has 0 aliphatic carbocycles. The number of halogens is 2. The number of anilines is 1. The highest BCUT2D eigenvalue weighted by Crippen LogP contribution is 2.40. The maximum Gasteiger partial charge on any atom is 0.129 e. The molecule has 18 heavy (non-hydrogen) atoms. The van der Waals surface area contributed by atoms with Crippen LogP contribution >= 0.6 is 11.6 Å². The lowest BCUT2D eigenvalue weighted by atomic mass is 9.82. The standard InChI is InChI=1S/C15H21ClFN/c1-3-15(4-2)8-9-18(11-15)14-7-5-6-13(17)12(14)10-16/h5-7H,3-4,8-11H2,1-2H3. The van der Waals surface area contributed by atoms with E-state index in [1.807, 2.05) is 6.07 Å². The van der Waals surface area contributed by atoms with Gasteiger partial charge in [-0.3, -0.25) is 0 Å². The molecule has 0 N–H and O–H groups in total. The zero-order chi connectivity index (χ0) is 13.2. The molecule has 1 aromatic rings. The summed E-state index contributed by atoms with van der Waals surface area (Å²) < 4.78 is 13.7. The van der Waals surface area contributed by atoms with Crippen LogP contribution in [0.5, 0.6) is 0 Å². The predicted molar refractivity (Wildman–Crippen MR) is 75.8 cm³/mol. The van der Waals surface area contributed by atoms with Crippen molar-refractivity contribution in [2.75, 3.05) is 18.0 Å². The Labute approximate surface area is 114 Å². The van der Waals surface area contributed by atoms with E-state index in [0.29, 0.717) is 11.0 Å². The van der Waals surface area contributed by atoms with Gasteiger partial charge in [-0.1, -0.05) is 19.9 Å². The molecule has 0 bridgehead atoms. The first-order valence-electron chi connectivity index (χ1n) is 6.74. The second-order valence-electron chi connectivity index (χ2n) is 5.25. The lowest BCUT2D eigenvalue weighted by molar-refractivity contribution is 0.301. The molecule has 0 atom stereocenters. The molecule has 1 aliphatic rings. The first-order valence-corrected chi connectivity index (χ1v) is 7.27. The number of rotatable bonds is 4. The van der Waals surface area contributed by atoms with Crippen LogP contribution in [0.15, 0.2) is 18.2 Å². The molecule has 1 heterocycles. The van der Waals surface area contributed by atoms with E-state index in [2.05, 4.69) is 18.7 Å². The number of hydrogen-bond acceptors (Lipinski definition) is 1. The van der Waals surface area contributed by atoms with Crippen molar-refractivity contribution in [1.29, 1.82) is 0 Å². The Hall–Kier alpha value is -0.760. The summed E-state index contributed by atoms with van der Waals surface area (Å²) in [5.74, 6) is 0.0528. The van der Waals surface area contributed by atoms with E-state index in [9.17, 15) is 4.39 Å². The summed E-state index contributed by atoms with van der Waals surface area (Å²) >= 11 is 5.89. The summed E-state index contributed by atoms with van der Waals surface area (Å²) in [5.41, 5.74) is 2.02. The normalized spacial score (nSPS) is 18.3. The van der Waals surface area contributed by atoms with E-state index in [1.54, 1.807) is 6.07 Å². The second kappa shape index (κ2) is 5.48. The van der Waals surface area contributed by atoms with Gasteiger partial charge in [0.05, 0.1) is 5.88 Å². The van der Waals surface area contributed by atoms with Crippen LogP contribution in [0.4, 0.5) is 10.1 Å². The van der Waals surface area contributed by atoms with Gasteiger partial charge in [-0.2, -0.15) is 0 Å². The van der Waals surface area contributed by atoms with Gasteiger partial charge in [0.2, 0.25) is 0 Å². The Morgan fingerprint density at radius 3 is 2.61 bits per heavy atom. The molecule has 0 saturated carbocycles. The van der Waals surface area contributed by atoms with Gasteiger partial charge in [0.25, 0.3) is 0 Å². The average Bonchev–Trinajstić information content (AvgIpc) is 2.83. The average molecular weight is 270 g/mol. The fraction of sp³-hybridized carbons (Fsp3) is 0.600. The molecular formula is C15H21ClFN. The van der Waals surface area contributed by atoms with Crippen molar-refractivity contribution < 1.29 is 4.39 Å². The molecule has 0 radical (unpaired) electrons. The van der Waals surface area contributed by atoms with Crippen LogP contribution in [-0.4, -0.2) is 13.1 Å². The molecular weight excluding hydrogens is 249 g/mol. The minimum absolute atomic E-state index is 0.187. The van der Waals surface area contributed by atoms with Crippen LogP contribution in [0.2, 0.25) is 0 Å². The first-order chi connectivity index (χ1) is 8.65. The minimum Gasteiger partial charge on any atom is -0.371 e. The van der Waals surface area contributed by atoms with Gasteiger partial charge in [-0.05, 0) is 36.8 Å². The van der Waals surface area contributed by atoms with Crippen LogP contribution in [0.25, 0.3) is 0 Å². The van der Waals surface area contributed by atoms with Crippen molar-refractivity contribution in [1.82, 2.24) is 0 Å². The Kier molecular flexibility index (Phi) is 4.16. The summed E-state index contributed by atoms with van der Waals surface area (Å²) in [6.07, 6.45) is 3.56. The highest BCUT2D eigenvalue weighted by molar-refractivity contribution is 6.17. The number of benzene rings is 1. The van der Waals surface area contributed by atoms with Gasteiger partial charge in [0.15, 0.2) is 0 Å². The fourth-order valence-corrected chi connectivity index (χ4v) is 3.21. The predicted octanol–water partition coefficient (Wildman–Crippen LogP) is 4.58. The van der Waals surface area contributed by atoms with Crippen molar-refractivity contribution in [2.45, 2.75) is 39.0 Å². The molecule has 1 saturated heterocycles. The second-order valence-corrected chi connectivity index (χ2v) is 5.52. The summed E-state index contributed by atoms with van der Waals surface area (Å²) in [5, 5.41) is 0. The zero-order valence-corrected chi connectivity index (χ0v) is 11.9. The SMILES string of the molecule is CCC1(CC)CCN(c2cccc(F)c2CCl)C1. The topological polar surface area (TPSA) is 3.24 Å². The quantitative estimate of drug-likeness (QED) is 0.723. The van der Waals surface area contributed by atoms with Gasteiger partial charge in [0, 0.05) is 24.3 Å². The van der Waals surface area contributed by atoms with E-state index < -0.39 is 0 Å². The summed E-state index contributed by atoms with van der Waals surface area (Å²) in [7, 11) is 0. The molecule has 0 unspecified atom stereocenters. The van der Waals surface area contributed by atoms with Gasteiger partial charge >= 0.3 is 0 Å². The smallest absolute Gasteiger partial charge is 0.129 e. The monoisotopic (exact) mass is 269 g/mol. The fourth-order valence-electron chi connectivity index (χ4n) is 2.94. The molecule has 100 valence electrons. The van der Waals surface area contributed by atoms with Gasteiger partial charge < -0.3 is 4.90 Å². The van der Waals surface area contributed by atoms with Gasteiger partial charge in [-0.25, -0.2) is 4.39 Å². The third kappa shape index (κ3) is 2.35. The van der Waals surface area contributed by atoms with Gasteiger partial charge in [-0.15, -0.1) is 11.6 Å². The number of nitrogens with zero attached hydrogens (tertiary/aromatic N) is 1. The Bertz CT molecular complexity index is 415. The highest BCUT2D eigenvalue weighted by Gasteiger charge is 2.35. The summed E-state index contributed by atoms with van der Waals surface area (Å²) in [4.78, 5) is 2.30. The molecule has 1 nitrogen and oxygen atoms in total. The molecule has 0 amide bonds. The van der Waals surface area contributed by atoms with E-state index in [0.717, 1.165) is 18.8 Å². The van der Waals surface area contributed by atoms with Crippen molar-refractivity contribution in [3.8, 4) is 0 Å². The first kappa shape index (κ1) is 13.7.